The lowest BCUT2D eigenvalue weighted by molar-refractivity contribution is 0.276. The van der Waals surface area contributed by atoms with E-state index in [-0.39, 0.29) is 0 Å². The van der Waals surface area contributed by atoms with Gasteiger partial charge in [0.15, 0.2) is 0 Å². The van der Waals surface area contributed by atoms with E-state index in [4.69, 9.17) is 9.47 Å². The molecule has 0 aliphatic carbocycles. The predicted octanol–water partition coefficient (Wildman–Crippen LogP) is 2.22. The first-order chi connectivity index (χ1) is 7.88. The zero-order valence-corrected chi connectivity index (χ0v) is 9.74. The zero-order valence-electron chi connectivity index (χ0n) is 9.74. The summed E-state index contributed by atoms with van der Waals surface area (Å²) in [6, 6.07) is 8.33. The van der Waals surface area contributed by atoms with Gasteiger partial charge >= 0.3 is 0 Å². The van der Waals surface area contributed by atoms with Crippen molar-refractivity contribution in [2.45, 2.75) is 25.8 Å². The molecule has 0 aromatic heterocycles. The van der Waals surface area contributed by atoms with E-state index in [1.54, 1.807) is 0 Å². The molecule has 2 rings (SSSR count). The Morgan fingerprint density at radius 1 is 1.19 bits per heavy atom. The summed E-state index contributed by atoms with van der Waals surface area (Å²) < 4.78 is 11.1. The van der Waals surface area contributed by atoms with Crippen LogP contribution in [0.15, 0.2) is 24.3 Å². The summed E-state index contributed by atoms with van der Waals surface area (Å²) in [5.41, 5.74) is 0. The van der Waals surface area contributed by atoms with E-state index in [1.807, 2.05) is 31.2 Å². The molecule has 0 unspecified atom stereocenters. The van der Waals surface area contributed by atoms with E-state index in [0.29, 0.717) is 12.6 Å². The number of hydrogen-bond donors (Lipinski definition) is 1. The third-order valence-electron chi connectivity index (χ3n) is 2.75. The van der Waals surface area contributed by atoms with Crippen molar-refractivity contribution < 1.29 is 9.47 Å². The summed E-state index contributed by atoms with van der Waals surface area (Å²) >= 11 is 0. The maximum Gasteiger partial charge on any atom is 0.119 e. The number of rotatable bonds is 5. The molecule has 16 heavy (non-hydrogen) atoms. The second-order valence-corrected chi connectivity index (χ2v) is 4.01. The Balaban J connectivity index is 1.80. The summed E-state index contributed by atoms with van der Waals surface area (Å²) in [6.45, 7) is 4.56. The third kappa shape index (κ3) is 3.14. The molecule has 0 radical (unpaired) electrons. The van der Waals surface area contributed by atoms with Crippen LogP contribution in [0.5, 0.6) is 11.5 Å². The molecule has 0 bridgehead atoms. The van der Waals surface area contributed by atoms with Gasteiger partial charge in [0.1, 0.15) is 18.1 Å². The summed E-state index contributed by atoms with van der Waals surface area (Å²) in [4.78, 5) is 0. The minimum atomic E-state index is 0.520. The quantitative estimate of drug-likeness (QED) is 0.827. The fraction of sp³-hybridized carbons (Fsp3) is 0.538. The van der Waals surface area contributed by atoms with E-state index in [0.717, 1.165) is 24.7 Å². The SMILES string of the molecule is CCOc1ccc(OC[C@H]2CCCN2)cc1. The number of hydrogen-bond acceptors (Lipinski definition) is 3. The smallest absolute Gasteiger partial charge is 0.119 e. The third-order valence-corrected chi connectivity index (χ3v) is 2.75. The van der Waals surface area contributed by atoms with Crippen LogP contribution in [0.1, 0.15) is 19.8 Å². The summed E-state index contributed by atoms with van der Waals surface area (Å²) in [5, 5.41) is 3.41. The first kappa shape index (κ1) is 11.3. The molecule has 1 N–H and O–H groups in total. The Labute approximate surface area is 96.8 Å². The summed E-state index contributed by atoms with van der Waals surface area (Å²) in [7, 11) is 0. The Morgan fingerprint density at radius 2 is 1.88 bits per heavy atom. The van der Waals surface area contributed by atoms with Gasteiger partial charge in [-0.05, 0) is 50.6 Å². The molecule has 1 aliphatic heterocycles. The first-order valence-corrected chi connectivity index (χ1v) is 5.97. The van der Waals surface area contributed by atoms with E-state index in [1.165, 1.54) is 12.8 Å². The Kier molecular flexibility index (Phi) is 4.05. The molecule has 1 saturated heterocycles. The van der Waals surface area contributed by atoms with E-state index in [9.17, 15) is 0 Å². The average Bonchev–Trinajstić information content (AvgIpc) is 2.82. The molecule has 0 spiro atoms. The monoisotopic (exact) mass is 221 g/mol. The van der Waals surface area contributed by atoms with Crippen molar-refractivity contribution in [3.63, 3.8) is 0 Å². The van der Waals surface area contributed by atoms with Gasteiger partial charge in [-0.2, -0.15) is 0 Å². The second kappa shape index (κ2) is 5.75. The maximum absolute atomic E-state index is 5.70. The second-order valence-electron chi connectivity index (χ2n) is 4.01. The summed E-state index contributed by atoms with van der Waals surface area (Å²) in [5.74, 6) is 1.81. The van der Waals surface area contributed by atoms with E-state index >= 15 is 0 Å². The lowest BCUT2D eigenvalue weighted by Crippen LogP contribution is -2.28. The fourth-order valence-corrected chi connectivity index (χ4v) is 1.89. The van der Waals surface area contributed by atoms with Gasteiger partial charge in [-0.3, -0.25) is 0 Å². The van der Waals surface area contributed by atoms with Crippen LogP contribution < -0.4 is 14.8 Å². The fourth-order valence-electron chi connectivity index (χ4n) is 1.89. The minimum Gasteiger partial charge on any atom is -0.494 e. The molecule has 1 aliphatic rings. The zero-order chi connectivity index (χ0) is 11.2. The van der Waals surface area contributed by atoms with Gasteiger partial charge in [-0.1, -0.05) is 0 Å². The Bertz CT molecular complexity index is 304. The molecule has 0 saturated carbocycles. The van der Waals surface area contributed by atoms with Crippen molar-refractivity contribution >= 4 is 0 Å². The van der Waals surface area contributed by atoms with Gasteiger partial charge in [0.05, 0.1) is 6.61 Å². The van der Waals surface area contributed by atoms with Gasteiger partial charge in [-0.15, -0.1) is 0 Å². The van der Waals surface area contributed by atoms with Gasteiger partial charge in [0, 0.05) is 6.04 Å². The lowest BCUT2D eigenvalue weighted by Gasteiger charge is -2.12. The minimum absolute atomic E-state index is 0.520. The molecular formula is C13H19NO2. The van der Waals surface area contributed by atoms with Crippen molar-refractivity contribution in [3.05, 3.63) is 24.3 Å². The van der Waals surface area contributed by atoms with Crippen LogP contribution in [0, 0.1) is 0 Å². The van der Waals surface area contributed by atoms with Gasteiger partial charge in [0.2, 0.25) is 0 Å². The predicted molar refractivity (Wildman–Crippen MR) is 64.1 cm³/mol. The van der Waals surface area contributed by atoms with Crippen LogP contribution in [0.3, 0.4) is 0 Å². The van der Waals surface area contributed by atoms with Crippen molar-refractivity contribution in [1.29, 1.82) is 0 Å². The van der Waals surface area contributed by atoms with Crippen LogP contribution in [-0.2, 0) is 0 Å². The van der Waals surface area contributed by atoms with E-state index < -0.39 is 0 Å². The van der Waals surface area contributed by atoms with Crippen molar-refractivity contribution in [3.8, 4) is 11.5 Å². The standard InChI is InChI=1S/C13H19NO2/c1-2-15-12-5-7-13(8-6-12)16-10-11-4-3-9-14-11/h5-8,11,14H,2-4,9-10H2,1H3/t11-/m1/s1. The average molecular weight is 221 g/mol. The highest BCUT2D eigenvalue weighted by atomic mass is 16.5. The molecule has 1 heterocycles. The molecule has 0 amide bonds. The molecular weight excluding hydrogens is 202 g/mol. The number of ether oxygens (including phenoxy) is 2. The molecule has 1 atom stereocenters. The topological polar surface area (TPSA) is 30.5 Å². The number of nitrogens with one attached hydrogen (secondary N) is 1. The molecule has 3 nitrogen and oxygen atoms in total. The molecule has 3 heteroatoms. The Hall–Kier alpha value is -1.22. The van der Waals surface area contributed by atoms with Crippen LogP contribution >= 0.6 is 0 Å². The molecule has 1 aromatic rings. The van der Waals surface area contributed by atoms with Crippen molar-refractivity contribution in [2.75, 3.05) is 19.8 Å². The first-order valence-electron chi connectivity index (χ1n) is 5.97. The normalized spacial score (nSPS) is 19.7. The van der Waals surface area contributed by atoms with Gasteiger partial charge in [0.25, 0.3) is 0 Å². The largest absolute Gasteiger partial charge is 0.494 e. The molecule has 1 fully saturated rings. The van der Waals surface area contributed by atoms with Crippen molar-refractivity contribution in [1.82, 2.24) is 5.32 Å². The number of benzene rings is 1. The summed E-state index contributed by atoms with van der Waals surface area (Å²) in [6.07, 6.45) is 2.48. The molecule has 1 aromatic carbocycles. The van der Waals surface area contributed by atoms with E-state index in [2.05, 4.69) is 5.32 Å². The highest BCUT2D eigenvalue weighted by Crippen LogP contribution is 2.18. The highest BCUT2D eigenvalue weighted by Gasteiger charge is 2.14. The highest BCUT2D eigenvalue weighted by molar-refractivity contribution is 5.31. The van der Waals surface area contributed by atoms with Crippen LogP contribution in [0.25, 0.3) is 0 Å². The van der Waals surface area contributed by atoms with Crippen LogP contribution in [0.2, 0.25) is 0 Å². The maximum atomic E-state index is 5.70. The van der Waals surface area contributed by atoms with Gasteiger partial charge in [-0.25, -0.2) is 0 Å². The van der Waals surface area contributed by atoms with Crippen LogP contribution in [0.4, 0.5) is 0 Å². The van der Waals surface area contributed by atoms with Crippen LogP contribution in [-0.4, -0.2) is 25.8 Å². The Morgan fingerprint density at radius 3 is 2.44 bits per heavy atom. The molecule has 88 valence electrons. The van der Waals surface area contributed by atoms with Crippen molar-refractivity contribution in [2.24, 2.45) is 0 Å². The lowest BCUT2D eigenvalue weighted by atomic mass is 10.2. The van der Waals surface area contributed by atoms with Gasteiger partial charge < -0.3 is 14.8 Å².